The molecule has 2 aliphatic carbocycles. The van der Waals surface area contributed by atoms with Crippen LogP contribution < -0.4 is 5.32 Å². The van der Waals surface area contributed by atoms with Crippen molar-refractivity contribution < 1.29 is 14.3 Å². The Morgan fingerprint density at radius 2 is 1.92 bits per heavy atom. The molecule has 24 heavy (non-hydrogen) atoms. The van der Waals surface area contributed by atoms with Gasteiger partial charge in [0.1, 0.15) is 0 Å². The molecule has 5 nitrogen and oxygen atoms in total. The van der Waals surface area contributed by atoms with Crippen LogP contribution in [0.2, 0.25) is 0 Å². The largest absolute Gasteiger partial charge is 0.452 e. The molecule has 1 N–H and O–H groups in total. The quantitative estimate of drug-likeness (QED) is 0.842. The molecule has 1 heterocycles. The Balaban J connectivity index is 1.53. The Morgan fingerprint density at radius 3 is 2.58 bits per heavy atom. The summed E-state index contributed by atoms with van der Waals surface area (Å²) in [5.41, 5.74) is 2.61. The molecule has 5 heteroatoms. The van der Waals surface area contributed by atoms with Gasteiger partial charge in [-0.05, 0) is 51.5 Å². The maximum absolute atomic E-state index is 12.3. The van der Waals surface area contributed by atoms with Gasteiger partial charge in [-0.2, -0.15) is 0 Å². The van der Waals surface area contributed by atoms with E-state index in [9.17, 15) is 9.59 Å². The van der Waals surface area contributed by atoms with E-state index in [0.717, 1.165) is 30.7 Å². The van der Waals surface area contributed by atoms with Crippen molar-refractivity contribution in [1.82, 2.24) is 9.88 Å². The number of carbonyl (C=O) groups excluding carboxylic acids is 2. The van der Waals surface area contributed by atoms with Crippen molar-refractivity contribution >= 4 is 11.9 Å². The fourth-order valence-corrected chi connectivity index (χ4v) is 3.87. The maximum atomic E-state index is 12.3. The summed E-state index contributed by atoms with van der Waals surface area (Å²) >= 11 is 0. The van der Waals surface area contributed by atoms with Crippen molar-refractivity contribution in [3.05, 3.63) is 23.0 Å². The number of hydrogen-bond acceptors (Lipinski definition) is 3. The van der Waals surface area contributed by atoms with Gasteiger partial charge in [-0.25, -0.2) is 4.79 Å². The molecule has 0 bridgehead atoms. The molecule has 1 amide bonds. The predicted octanol–water partition coefficient (Wildman–Crippen LogP) is 3.29. The number of amides is 1. The minimum atomic E-state index is -0.401. The first-order chi connectivity index (χ1) is 11.5. The van der Waals surface area contributed by atoms with Crippen LogP contribution in [0.5, 0.6) is 0 Å². The molecule has 2 aliphatic rings. The van der Waals surface area contributed by atoms with E-state index >= 15 is 0 Å². The number of esters is 1. The van der Waals surface area contributed by atoms with Gasteiger partial charge in [-0.1, -0.05) is 19.8 Å². The average Bonchev–Trinajstić information content (AvgIpc) is 3.33. The smallest absolute Gasteiger partial charge is 0.340 e. The zero-order valence-electron chi connectivity index (χ0n) is 14.9. The summed E-state index contributed by atoms with van der Waals surface area (Å²) in [6.45, 7) is 5.93. The highest BCUT2D eigenvalue weighted by Gasteiger charge is 2.29. The van der Waals surface area contributed by atoms with Crippen molar-refractivity contribution in [3.63, 3.8) is 0 Å². The second-order valence-corrected chi connectivity index (χ2v) is 7.40. The number of aryl methyl sites for hydroxylation is 1. The number of carbonyl (C=O) groups is 2. The number of nitrogens with zero attached hydrogens (tertiary/aromatic N) is 1. The van der Waals surface area contributed by atoms with E-state index in [1.54, 1.807) is 0 Å². The highest BCUT2D eigenvalue weighted by Crippen LogP contribution is 2.38. The minimum absolute atomic E-state index is 0.196. The zero-order chi connectivity index (χ0) is 17.3. The monoisotopic (exact) mass is 332 g/mol. The second kappa shape index (κ2) is 6.99. The lowest BCUT2D eigenvalue weighted by atomic mass is 9.86. The number of hydrogen-bond donors (Lipinski definition) is 1. The Bertz CT molecular complexity index is 631. The fourth-order valence-electron chi connectivity index (χ4n) is 3.87. The van der Waals surface area contributed by atoms with Gasteiger partial charge in [0.25, 0.3) is 5.91 Å². The van der Waals surface area contributed by atoms with Gasteiger partial charge in [-0.3, -0.25) is 4.79 Å². The summed E-state index contributed by atoms with van der Waals surface area (Å²) in [4.78, 5) is 24.4. The molecule has 0 spiro atoms. The normalized spacial score (nSPS) is 23.8. The van der Waals surface area contributed by atoms with Crippen molar-refractivity contribution in [2.24, 2.45) is 5.92 Å². The van der Waals surface area contributed by atoms with Crippen molar-refractivity contribution in [1.29, 1.82) is 0 Å². The van der Waals surface area contributed by atoms with Gasteiger partial charge < -0.3 is 14.6 Å². The fraction of sp³-hybridized carbons (Fsp3) is 0.684. The first-order valence-corrected chi connectivity index (χ1v) is 9.12. The minimum Gasteiger partial charge on any atom is -0.452 e. The van der Waals surface area contributed by atoms with Gasteiger partial charge in [0.2, 0.25) is 0 Å². The lowest BCUT2D eigenvalue weighted by Crippen LogP contribution is -2.42. The Labute approximate surface area is 143 Å². The van der Waals surface area contributed by atoms with E-state index < -0.39 is 5.97 Å². The molecule has 0 radical (unpaired) electrons. The topological polar surface area (TPSA) is 60.3 Å². The highest BCUT2D eigenvalue weighted by molar-refractivity contribution is 5.92. The third-order valence-electron chi connectivity index (χ3n) is 5.41. The molecule has 2 fully saturated rings. The third-order valence-corrected chi connectivity index (χ3v) is 5.41. The summed E-state index contributed by atoms with van der Waals surface area (Å²) in [5.74, 6) is -0.101. The number of nitrogens with one attached hydrogen (secondary N) is 1. The second-order valence-electron chi connectivity index (χ2n) is 7.40. The van der Waals surface area contributed by atoms with Crippen molar-refractivity contribution in [3.8, 4) is 0 Å². The van der Waals surface area contributed by atoms with Crippen LogP contribution >= 0.6 is 0 Å². The summed E-state index contributed by atoms with van der Waals surface area (Å²) in [7, 11) is 0. The molecule has 1 aromatic rings. The highest BCUT2D eigenvalue weighted by atomic mass is 16.5. The molecule has 0 saturated heterocycles. The predicted molar refractivity (Wildman–Crippen MR) is 92.0 cm³/mol. The lowest BCUT2D eigenvalue weighted by Gasteiger charge is -2.29. The molecule has 2 saturated carbocycles. The van der Waals surface area contributed by atoms with E-state index in [4.69, 9.17) is 4.74 Å². The van der Waals surface area contributed by atoms with E-state index in [0.29, 0.717) is 17.5 Å². The molecule has 0 unspecified atom stereocenters. The van der Waals surface area contributed by atoms with Crippen molar-refractivity contribution in [2.45, 2.75) is 71.4 Å². The lowest BCUT2D eigenvalue weighted by molar-refractivity contribution is -0.125. The first kappa shape index (κ1) is 17.1. The molecular weight excluding hydrogens is 304 g/mol. The van der Waals surface area contributed by atoms with Gasteiger partial charge >= 0.3 is 5.97 Å². The number of aromatic nitrogens is 1. The van der Waals surface area contributed by atoms with Gasteiger partial charge in [0.15, 0.2) is 6.61 Å². The molecular formula is C19H28N2O3. The number of ether oxygens (including phenoxy) is 1. The van der Waals surface area contributed by atoms with Crippen LogP contribution in [0.25, 0.3) is 0 Å². The van der Waals surface area contributed by atoms with Gasteiger partial charge in [0, 0.05) is 23.5 Å². The molecule has 2 atom stereocenters. The molecule has 3 rings (SSSR count). The molecule has 1 aromatic heterocycles. The van der Waals surface area contributed by atoms with Crippen LogP contribution in [-0.2, 0) is 9.53 Å². The summed E-state index contributed by atoms with van der Waals surface area (Å²) in [6, 6.07) is 2.62. The van der Waals surface area contributed by atoms with Crippen molar-refractivity contribution in [2.75, 3.05) is 6.61 Å². The van der Waals surface area contributed by atoms with E-state index in [2.05, 4.69) is 16.8 Å². The zero-order valence-corrected chi connectivity index (χ0v) is 14.9. The first-order valence-electron chi connectivity index (χ1n) is 9.12. The SMILES string of the molecule is Cc1cc(C(=O)OCC(=O)N[C@@H]2CCCC[C@H]2C)c(C)n1C1CC1. The van der Waals surface area contributed by atoms with Crippen LogP contribution in [0.4, 0.5) is 0 Å². The van der Waals surface area contributed by atoms with E-state index in [-0.39, 0.29) is 18.6 Å². The molecule has 0 aliphatic heterocycles. The number of rotatable bonds is 5. The van der Waals surface area contributed by atoms with Crippen LogP contribution in [-0.4, -0.2) is 29.1 Å². The maximum Gasteiger partial charge on any atom is 0.340 e. The van der Waals surface area contributed by atoms with Crippen LogP contribution in [0.15, 0.2) is 6.07 Å². The van der Waals surface area contributed by atoms with Gasteiger partial charge in [0.05, 0.1) is 5.56 Å². The molecule has 0 aromatic carbocycles. The van der Waals surface area contributed by atoms with E-state index in [1.807, 2.05) is 19.9 Å². The average molecular weight is 332 g/mol. The van der Waals surface area contributed by atoms with Crippen LogP contribution in [0.3, 0.4) is 0 Å². The third kappa shape index (κ3) is 3.65. The van der Waals surface area contributed by atoms with Crippen LogP contribution in [0, 0.1) is 19.8 Å². The van der Waals surface area contributed by atoms with Gasteiger partial charge in [-0.15, -0.1) is 0 Å². The summed E-state index contributed by atoms with van der Waals surface area (Å²) in [5, 5.41) is 3.01. The summed E-state index contributed by atoms with van der Waals surface area (Å²) < 4.78 is 7.46. The Kier molecular flexibility index (Phi) is 4.97. The Hall–Kier alpha value is -1.78. The van der Waals surface area contributed by atoms with E-state index in [1.165, 1.54) is 19.3 Å². The van der Waals surface area contributed by atoms with Crippen LogP contribution in [0.1, 0.15) is 73.2 Å². The Morgan fingerprint density at radius 1 is 1.21 bits per heavy atom. The molecule has 132 valence electrons. The standard InChI is InChI=1S/C19H28N2O3/c1-12-6-4-5-7-17(12)20-18(22)11-24-19(23)16-10-13(2)21(14(16)3)15-8-9-15/h10,12,15,17H,4-9,11H2,1-3H3,(H,20,22)/t12-,17-/m1/s1. The summed E-state index contributed by atoms with van der Waals surface area (Å²) in [6.07, 6.45) is 6.91.